The quantitative estimate of drug-likeness (QED) is 0.172. The number of anilines is 3. The van der Waals surface area contributed by atoms with E-state index in [9.17, 15) is 9.59 Å². The number of rotatable bonds is 9. The Bertz CT molecular complexity index is 1650. The predicted octanol–water partition coefficient (Wildman–Crippen LogP) is 6.30. The summed E-state index contributed by atoms with van der Waals surface area (Å²) in [5, 5.41) is 6.18. The number of carbonyl (C=O) groups is 2. The molecule has 7 nitrogen and oxygen atoms in total. The third kappa shape index (κ3) is 5.59. The molecule has 0 unspecified atom stereocenters. The summed E-state index contributed by atoms with van der Waals surface area (Å²) in [6.45, 7) is 7.55. The van der Waals surface area contributed by atoms with E-state index in [0.717, 1.165) is 52.5 Å². The average Bonchev–Trinajstić information content (AvgIpc) is 3.25. The Kier molecular flexibility index (Phi) is 7.64. The molecule has 3 aromatic heterocycles. The number of fused-ring (bicyclic) bond motifs is 1. The number of aromatic nitrogens is 2. The van der Waals surface area contributed by atoms with Gasteiger partial charge in [-0.2, -0.15) is 0 Å². The molecule has 5 aromatic rings. The molecule has 0 saturated carbocycles. The standard InChI is InChI=1S/C33H33N5O2/c1-22-20-23(2)35-29(21-22)37(4)19-17-34-26-13-15-27(16-14-26)36-33(40)32(39)31-30(25-10-6-5-7-11-25)24(3)28-12-8-9-18-38(28)31/h5-16,18,20-21,34H,17,19H2,1-4H3,(H,36,40). The lowest BCUT2D eigenvalue weighted by atomic mass is 9.99. The number of pyridine rings is 2. The summed E-state index contributed by atoms with van der Waals surface area (Å²) >= 11 is 0. The molecule has 0 aliphatic heterocycles. The van der Waals surface area contributed by atoms with Gasteiger partial charge in [0.2, 0.25) is 0 Å². The van der Waals surface area contributed by atoms with Crippen molar-refractivity contribution in [3.05, 3.63) is 114 Å². The molecule has 1 amide bonds. The summed E-state index contributed by atoms with van der Waals surface area (Å²) in [6.07, 6.45) is 1.82. The van der Waals surface area contributed by atoms with Gasteiger partial charge in [-0.15, -0.1) is 0 Å². The minimum Gasteiger partial charge on any atom is -0.383 e. The van der Waals surface area contributed by atoms with Gasteiger partial charge in [-0.3, -0.25) is 9.59 Å². The fraction of sp³-hybridized carbons (Fsp3) is 0.182. The lowest BCUT2D eigenvalue weighted by molar-refractivity contribution is -0.112. The molecular weight excluding hydrogens is 498 g/mol. The van der Waals surface area contributed by atoms with Gasteiger partial charge in [-0.25, -0.2) is 4.98 Å². The van der Waals surface area contributed by atoms with Crippen LogP contribution in [-0.4, -0.2) is 41.2 Å². The summed E-state index contributed by atoms with van der Waals surface area (Å²) in [4.78, 5) is 33.4. The van der Waals surface area contributed by atoms with Crippen LogP contribution in [0.15, 0.2) is 91.1 Å². The number of hydrogen-bond donors (Lipinski definition) is 2. The number of benzene rings is 2. The molecule has 3 heterocycles. The van der Waals surface area contributed by atoms with Crippen LogP contribution in [0.1, 0.15) is 27.3 Å². The SMILES string of the molecule is Cc1cc(C)nc(N(C)CCNc2ccc(NC(=O)C(=O)c3c(-c4ccccc4)c(C)c4ccccn34)cc2)c1. The van der Waals surface area contributed by atoms with E-state index in [1.807, 2.05) is 87.8 Å². The first-order valence-electron chi connectivity index (χ1n) is 13.3. The Morgan fingerprint density at radius 2 is 1.57 bits per heavy atom. The Morgan fingerprint density at radius 1 is 0.875 bits per heavy atom. The van der Waals surface area contributed by atoms with Crippen LogP contribution in [0.5, 0.6) is 0 Å². The molecule has 0 spiro atoms. The first-order chi connectivity index (χ1) is 19.3. The number of Topliss-reactive ketones (excluding diaryl/α,β-unsaturated/α-hetero) is 1. The summed E-state index contributed by atoms with van der Waals surface area (Å²) in [5.41, 5.74) is 7.55. The van der Waals surface area contributed by atoms with Crippen LogP contribution in [-0.2, 0) is 4.79 Å². The van der Waals surface area contributed by atoms with E-state index in [4.69, 9.17) is 0 Å². The summed E-state index contributed by atoms with van der Waals surface area (Å²) in [5.74, 6) is -0.314. The van der Waals surface area contributed by atoms with Gasteiger partial charge in [0, 0.05) is 54.5 Å². The van der Waals surface area contributed by atoms with Crippen molar-refractivity contribution in [1.29, 1.82) is 0 Å². The molecule has 0 atom stereocenters. The fourth-order valence-corrected chi connectivity index (χ4v) is 5.02. The molecule has 0 saturated heterocycles. The second-order valence-electron chi connectivity index (χ2n) is 10.0. The number of likely N-dealkylation sites (N-methyl/N-ethyl adjacent to an activating group) is 1. The van der Waals surface area contributed by atoms with Gasteiger partial charge >= 0.3 is 0 Å². The topological polar surface area (TPSA) is 78.7 Å². The van der Waals surface area contributed by atoms with Gasteiger partial charge in [0.15, 0.2) is 0 Å². The van der Waals surface area contributed by atoms with Crippen LogP contribution < -0.4 is 15.5 Å². The van der Waals surface area contributed by atoms with Crippen LogP contribution in [0.4, 0.5) is 17.2 Å². The van der Waals surface area contributed by atoms with E-state index in [0.29, 0.717) is 11.4 Å². The van der Waals surface area contributed by atoms with Crippen molar-refractivity contribution in [3.63, 3.8) is 0 Å². The second kappa shape index (κ2) is 11.5. The van der Waals surface area contributed by atoms with Crippen LogP contribution in [0.25, 0.3) is 16.6 Å². The Labute approximate surface area is 234 Å². The molecule has 0 aliphatic rings. The van der Waals surface area contributed by atoms with Crippen molar-refractivity contribution in [3.8, 4) is 11.1 Å². The molecule has 0 fully saturated rings. The van der Waals surface area contributed by atoms with Crippen molar-refractivity contribution in [2.24, 2.45) is 0 Å². The first-order valence-corrected chi connectivity index (χ1v) is 13.3. The second-order valence-corrected chi connectivity index (χ2v) is 10.0. The number of hydrogen-bond acceptors (Lipinski definition) is 5. The highest BCUT2D eigenvalue weighted by molar-refractivity contribution is 6.47. The normalized spacial score (nSPS) is 10.9. The highest BCUT2D eigenvalue weighted by Gasteiger charge is 2.27. The molecule has 5 rings (SSSR count). The fourth-order valence-electron chi connectivity index (χ4n) is 5.02. The Morgan fingerprint density at radius 3 is 2.30 bits per heavy atom. The maximum Gasteiger partial charge on any atom is 0.298 e. The first kappa shape index (κ1) is 26.7. The zero-order chi connectivity index (χ0) is 28.2. The van der Waals surface area contributed by atoms with Crippen molar-refractivity contribution in [2.45, 2.75) is 20.8 Å². The van der Waals surface area contributed by atoms with Crippen LogP contribution in [0.3, 0.4) is 0 Å². The molecule has 0 aliphatic carbocycles. The van der Waals surface area contributed by atoms with Crippen LogP contribution in [0, 0.1) is 20.8 Å². The maximum absolute atomic E-state index is 13.5. The van der Waals surface area contributed by atoms with Gasteiger partial charge < -0.3 is 19.9 Å². The van der Waals surface area contributed by atoms with Gasteiger partial charge in [0.05, 0.1) is 0 Å². The van der Waals surface area contributed by atoms with Gasteiger partial charge in [0.25, 0.3) is 11.7 Å². The molecule has 2 N–H and O–H groups in total. The molecule has 0 radical (unpaired) electrons. The predicted molar refractivity (Wildman–Crippen MR) is 162 cm³/mol. The third-order valence-corrected chi connectivity index (χ3v) is 6.98. The van der Waals surface area contributed by atoms with E-state index in [-0.39, 0.29) is 0 Å². The van der Waals surface area contributed by atoms with Crippen molar-refractivity contribution < 1.29 is 9.59 Å². The van der Waals surface area contributed by atoms with Gasteiger partial charge in [-0.1, -0.05) is 36.4 Å². The van der Waals surface area contributed by atoms with Crippen LogP contribution >= 0.6 is 0 Å². The largest absolute Gasteiger partial charge is 0.383 e. The van der Waals surface area contributed by atoms with E-state index < -0.39 is 11.7 Å². The van der Waals surface area contributed by atoms with E-state index >= 15 is 0 Å². The minimum atomic E-state index is -0.677. The lowest BCUT2D eigenvalue weighted by Gasteiger charge is -2.20. The highest BCUT2D eigenvalue weighted by Crippen LogP contribution is 2.33. The van der Waals surface area contributed by atoms with Crippen LogP contribution in [0.2, 0.25) is 0 Å². The van der Waals surface area contributed by atoms with E-state index in [2.05, 4.69) is 39.6 Å². The van der Waals surface area contributed by atoms with Crippen molar-refractivity contribution >= 4 is 34.4 Å². The van der Waals surface area contributed by atoms with Gasteiger partial charge in [-0.05, 0) is 86.0 Å². The van der Waals surface area contributed by atoms with E-state index in [1.165, 1.54) is 5.56 Å². The zero-order valence-electron chi connectivity index (χ0n) is 23.2. The Hall–Kier alpha value is -4.91. The molecule has 40 heavy (non-hydrogen) atoms. The lowest BCUT2D eigenvalue weighted by Crippen LogP contribution is -2.26. The molecule has 7 heteroatoms. The number of aryl methyl sites for hydroxylation is 3. The Balaban J connectivity index is 1.26. The maximum atomic E-state index is 13.5. The summed E-state index contributed by atoms with van der Waals surface area (Å²) < 4.78 is 1.80. The number of nitrogens with zero attached hydrogens (tertiary/aromatic N) is 3. The smallest absolute Gasteiger partial charge is 0.298 e. The average molecular weight is 532 g/mol. The van der Waals surface area contributed by atoms with Crippen molar-refractivity contribution in [2.75, 3.05) is 35.7 Å². The highest BCUT2D eigenvalue weighted by atomic mass is 16.2. The molecular formula is C33H33N5O2. The third-order valence-electron chi connectivity index (χ3n) is 6.98. The van der Waals surface area contributed by atoms with E-state index in [1.54, 1.807) is 16.5 Å². The summed E-state index contributed by atoms with van der Waals surface area (Å²) in [7, 11) is 2.03. The molecule has 0 bridgehead atoms. The zero-order valence-corrected chi connectivity index (χ0v) is 23.2. The molecule has 202 valence electrons. The van der Waals surface area contributed by atoms with Gasteiger partial charge in [0.1, 0.15) is 11.5 Å². The monoisotopic (exact) mass is 531 g/mol. The summed E-state index contributed by atoms with van der Waals surface area (Å²) in [6, 6.07) is 27.0. The number of ketones is 1. The number of nitrogens with one attached hydrogen (secondary N) is 2. The molecule has 2 aromatic carbocycles. The van der Waals surface area contributed by atoms with Crippen molar-refractivity contribution in [1.82, 2.24) is 9.38 Å². The number of carbonyl (C=O) groups excluding carboxylic acids is 2. The number of amides is 1. The minimum absolute atomic E-state index is 0.359.